The Labute approximate surface area is 130 Å². The lowest BCUT2D eigenvalue weighted by Gasteiger charge is -2.06. The van der Waals surface area contributed by atoms with Gasteiger partial charge in [-0.25, -0.2) is 8.78 Å². The number of aromatic amines is 1. The number of anilines is 1. The van der Waals surface area contributed by atoms with Crippen molar-refractivity contribution in [1.29, 1.82) is 0 Å². The van der Waals surface area contributed by atoms with E-state index >= 15 is 0 Å². The SMILES string of the molecule is Cc1[nH]c2ccccc2c1C(=O)C(=O)Nc1ccc(F)cc1F. The number of halogens is 2. The number of fused-ring (bicyclic) bond motifs is 1. The number of carbonyl (C=O) groups excluding carboxylic acids is 2. The third-order valence-electron chi connectivity index (χ3n) is 3.51. The molecule has 0 unspecified atom stereocenters. The van der Waals surface area contributed by atoms with E-state index in [1.165, 1.54) is 0 Å². The number of para-hydroxylation sites is 1. The number of hydrogen-bond acceptors (Lipinski definition) is 2. The normalized spacial score (nSPS) is 10.7. The standard InChI is InChI=1S/C17H12F2N2O2/c1-9-15(11-4-2-3-5-13(11)20-9)16(22)17(23)21-14-7-6-10(18)8-12(14)19/h2-8,20H,1H3,(H,21,23). The van der Waals surface area contributed by atoms with Crippen LogP contribution in [0.3, 0.4) is 0 Å². The second kappa shape index (κ2) is 5.64. The lowest BCUT2D eigenvalue weighted by Crippen LogP contribution is -2.24. The largest absolute Gasteiger partial charge is 0.358 e. The van der Waals surface area contributed by atoms with Crippen LogP contribution in [0.4, 0.5) is 14.5 Å². The van der Waals surface area contributed by atoms with Crippen LogP contribution in [0.25, 0.3) is 10.9 Å². The molecule has 3 aromatic rings. The van der Waals surface area contributed by atoms with Crippen LogP contribution in [0.15, 0.2) is 42.5 Å². The van der Waals surface area contributed by atoms with Crippen LogP contribution in [0.1, 0.15) is 16.1 Å². The van der Waals surface area contributed by atoms with Gasteiger partial charge in [-0.05, 0) is 25.1 Å². The first-order valence-electron chi connectivity index (χ1n) is 6.85. The Hall–Kier alpha value is -3.02. The molecule has 116 valence electrons. The Balaban J connectivity index is 1.93. The fourth-order valence-electron chi connectivity index (χ4n) is 2.45. The van der Waals surface area contributed by atoms with Gasteiger partial charge in [0.15, 0.2) is 0 Å². The number of rotatable bonds is 3. The van der Waals surface area contributed by atoms with Crippen molar-refractivity contribution >= 4 is 28.3 Å². The monoisotopic (exact) mass is 314 g/mol. The Morgan fingerprint density at radius 2 is 1.83 bits per heavy atom. The Kier molecular flexibility index (Phi) is 3.65. The van der Waals surface area contributed by atoms with E-state index in [4.69, 9.17) is 0 Å². The highest BCUT2D eigenvalue weighted by atomic mass is 19.1. The fraction of sp³-hybridized carbons (Fsp3) is 0.0588. The molecule has 0 radical (unpaired) electrons. The average molecular weight is 314 g/mol. The van der Waals surface area contributed by atoms with Crippen molar-refractivity contribution in [3.63, 3.8) is 0 Å². The summed E-state index contributed by atoms with van der Waals surface area (Å²) < 4.78 is 26.4. The van der Waals surface area contributed by atoms with Crippen molar-refractivity contribution in [2.45, 2.75) is 6.92 Å². The fourth-order valence-corrected chi connectivity index (χ4v) is 2.45. The molecular formula is C17H12F2N2O2. The van der Waals surface area contributed by atoms with Crippen molar-refractivity contribution < 1.29 is 18.4 Å². The first-order chi connectivity index (χ1) is 11.0. The second-order valence-corrected chi connectivity index (χ2v) is 5.08. The molecule has 23 heavy (non-hydrogen) atoms. The minimum atomic E-state index is -0.983. The highest BCUT2D eigenvalue weighted by molar-refractivity contribution is 6.48. The van der Waals surface area contributed by atoms with Crippen LogP contribution in [0, 0.1) is 18.6 Å². The number of aromatic nitrogens is 1. The van der Waals surface area contributed by atoms with Gasteiger partial charge in [0, 0.05) is 22.7 Å². The third-order valence-corrected chi connectivity index (χ3v) is 3.51. The molecule has 2 aromatic carbocycles. The molecule has 1 heterocycles. The maximum absolute atomic E-state index is 13.6. The summed E-state index contributed by atoms with van der Waals surface area (Å²) in [7, 11) is 0. The maximum Gasteiger partial charge on any atom is 0.296 e. The van der Waals surface area contributed by atoms with Crippen LogP contribution in [-0.4, -0.2) is 16.7 Å². The molecule has 4 nitrogen and oxygen atoms in total. The number of ketones is 1. The molecule has 0 saturated heterocycles. The van der Waals surface area contributed by atoms with E-state index in [1.54, 1.807) is 31.2 Å². The number of benzene rings is 2. The zero-order valence-electron chi connectivity index (χ0n) is 12.1. The molecule has 3 rings (SSSR count). The van der Waals surface area contributed by atoms with Gasteiger partial charge < -0.3 is 10.3 Å². The summed E-state index contributed by atoms with van der Waals surface area (Å²) in [5.41, 5.74) is 1.27. The van der Waals surface area contributed by atoms with Crippen LogP contribution in [0.2, 0.25) is 0 Å². The van der Waals surface area contributed by atoms with E-state index in [1.807, 2.05) is 0 Å². The Bertz CT molecular complexity index is 931. The van der Waals surface area contributed by atoms with Crippen LogP contribution < -0.4 is 5.32 Å². The maximum atomic E-state index is 13.6. The molecule has 0 aliphatic heterocycles. The highest BCUT2D eigenvalue weighted by Crippen LogP contribution is 2.23. The van der Waals surface area contributed by atoms with Gasteiger partial charge >= 0.3 is 0 Å². The van der Waals surface area contributed by atoms with Crippen molar-refractivity contribution in [3.8, 4) is 0 Å². The smallest absolute Gasteiger partial charge is 0.296 e. The number of carbonyl (C=O) groups is 2. The molecule has 0 bridgehead atoms. The Morgan fingerprint density at radius 1 is 1.09 bits per heavy atom. The molecule has 1 aromatic heterocycles. The van der Waals surface area contributed by atoms with Crippen LogP contribution in [-0.2, 0) is 4.79 Å². The van der Waals surface area contributed by atoms with Gasteiger partial charge in [0.2, 0.25) is 0 Å². The summed E-state index contributed by atoms with van der Waals surface area (Å²) in [5.74, 6) is -3.48. The van der Waals surface area contributed by atoms with Gasteiger partial charge in [0.05, 0.1) is 11.3 Å². The average Bonchev–Trinajstić information content (AvgIpc) is 2.85. The van der Waals surface area contributed by atoms with Crippen molar-refractivity contribution in [1.82, 2.24) is 4.98 Å². The van der Waals surface area contributed by atoms with Crippen molar-refractivity contribution in [3.05, 3.63) is 65.4 Å². The van der Waals surface area contributed by atoms with Gasteiger partial charge in [-0.2, -0.15) is 0 Å². The molecule has 1 amide bonds. The van der Waals surface area contributed by atoms with Gasteiger partial charge in [-0.15, -0.1) is 0 Å². The van der Waals surface area contributed by atoms with Gasteiger partial charge in [0.25, 0.3) is 11.7 Å². The van der Waals surface area contributed by atoms with E-state index in [9.17, 15) is 18.4 Å². The number of H-pyrrole nitrogens is 1. The van der Waals surface area contributed by atoms with E-state index in [2.05, 4.69) is 10.3 Å². The molecule has 2 N–H and O–H groups in total. The van der Waals surface area contributed by atoms with E-state index < -0.39 is 23.3 Å². The number of amides is 1. The molecule has 0 saturated carbocycles. The van der Waals surface area contributed by atoms with Gasteiger partial charge in [0.1, 0.15) is 11.6 Å². The summed E-state index contributed by atoms with van der Waals surface area (Å²) in [5, 5.41) is 2.79. The zero-order valence-corrected chi connectivity index (χ0v) is 12.1. The topological polar surface area (TPSA) is 62.0 Å². The molecule has 0 aliphatic rings. The number of nitrogens with one attached hydrogen (secondary N) is 2. The third kappa shape index (κ3) is 2.70. The molecule has 0 atom stereocenters. The predicted molar refractivity (Wildman–Crippen MR) is 82.4 cm³/mol. The first-order valence-corrected chi connectivity index (χ1v) is 6.85. The predicted octanol–water partition coefficient (Wildman–Crippen LogP) is 3.58. The molecule has 0 fully saturated rings. The van der Waals surface area contributed by atoms with Crippen molar-refractivity contribution in [2.24, 2.45) is 0 Å². The lowest BCUT2D eigenvalue weighted by molar-refractivity contribution is -0.112. The van der Waals surface area contributed by atoms with Gasteiger partial charge in [-0.3, -0.25) is 9.59 Å². The summed E-state index contributed by atoms with van der Waals surface area (Å²) >= 11 is 0. The van der Waals surface area contributed by atoms with Gasteiger partial charge in [-0.1, -0.05) is 18.2 Å². The highest BCUT2D eigenvalue weighted by Gasteiger charge is 2.23. The van der Waals surface area contributed by atoms with Crippen LogP contribution >= 0.6 is 0 Å². The number of Topliss-reactive ketones (excluding diaryl/α,β-unsaturated/α-hetero) is 1. The summed E-state index contributed by atoms with van der Waals surface area (Å²) in [6.45, 7) is 1.68. The quantitative estimate of drug-likeness (QED) is 0.573. The number of hydrogen-bond donors (Lipinski definition) is 2. The number of aryl methyl sites for hydroxylation is 1. The van der Waals surface area contributed by atoms with E-state index in [0.29, 0.717) is 17.1 Å². The Morgan fingerprint density at radius 3 is 2.57 bits per heavy atom. The molecule has 0 aliphatic carbocycles. The van der Waals surface area contributed by atoms with E-state index in [0.717, 1.165) is 17.6 Å². The first kappa shape index (κ1) is 14.9. The van der Waals surface area contributed by atoms with Crippen molar-refractivity contribution in [2.75, 3.05) is 5.32 Å². The van der Waals surface area contributed by atoms with Crippen LogP contribution in [0.5, 0.6) is 0 Å². The summed E-state index contributed by atoms with van der Waals surface area (Å²) in [6.07, 6.45) is 0. The molecular weight excluding hydrogens is 302 g/mol. The minimum absolute atomic E-state index is 0.237. The molecule has 0 spiro atoms. The molecule has 6 heteroatoms. The minimum Gasteiger partial charge on any atom is -0.358 e. The zero-order chi connectivity index (χ0) is 16.6. The summed E-state index contributed by atoms with van der Waals surface area (Å²) in [4.78, 5) is 27.5. The second-order valence-electron chi connectivity index (χ2n) is 5.08. The summed E-state index contributed by atoms with van der Waals surface area (Å²) in [6, 6.07) is 9.77. The van der Waals surface area contributed by atoms with E-state index in [-0.39, 0.29) is 11.3 Å². The lowest BCUT2D eigenvalue weighted by atomic mass is 10.1.